The lowest BCUT2D eigenvalue weighted by Crippen LogP contribution is -2.36. The lowest BCUT2D eigenvalue weighted by atomic mass is 9.81. The Morgan fingerprint density at radius 2 is 0.409 bits per heavy atom. The summed E-state index contributed by atoms with van der Waals surface area (Å²) in [4.78, 5) is 58.3. The largest absolute Gasteiger partial charge is 0.508 e. The van der Waals surface area contributed by atoms with E-state index in [1.54, 1.807) is 0 Å². The molecule has 44 heteroatoms. The van der Waals surface area contributed by atoms with Crippen molar-refractivity contribution < 1.29 is 220 Å². The Bertz CT molecular complexity index is 6490. The molecule has 0 unspecified atom stereocenters. The van der Waals surface area contributed by atoms with Gasteiger partial charge in [-0.1, -0.05) is 0 Å². The van der Waals surface area contributed by atoms with Gasteiger partial charge in [-0.25, -0.2) is 19.2 Å². The number of phenols is 32. The molecule has 0 radical (unpaired) electrons. The highest BCUT2D eigenvalue weighted by Crippen LogP contribution is 2.65. The smallest absolute Gasteiger partial charge is 0.338 e. The number of phenolic OH excluding ortho intramolecular Hbond substituents is 32. The molecule has 0 spiro atoms. The number of hydrogen-bond donors (Lipinski definition) is 32. The lowest BCUT2D eigenvalue weighted by molar-refractivity contribution is -0.0199. The van der Waals surface area contributed by atoms with Crippen LogP contribution in [0.5, 0.6) is 207 Å². The highest BCUT2D eigenvalue weighted by Gasteiger charge is 2.50. The van der Waals surface area contributed by atoms with Gasteiger partial charge >= 0.3 is 23.9 Å². The first-order valence-electron chi connectivity index (χ1n) is 38.2. The van der Waals surface area contributed by atoms with E-state index < -0.39 is 394 Å². The topological polar surface area (TPSA) is 789 Å². The number of fused-ring (bicyclic) bond motifs is 4. The third-order valence-electron chi connectivity index (χ3n) is 22.4. The Labute approximate surface area is 732 Å². The molecule has 12 aromatic carbocycles. The van der Waals surface area contributed by atoms with Gasteiger partial charge in [0.25, 0.3) is 0 Å². The normalized spacial score (nSPS) is 17.5. The van der Waals surface area contributed by atoms with Gasteiger partial charge in [-0.3, -0.25) is 0 Å². The van der Waals surface area contributed by atoms with Gasteiger partial charge in [-0.05, 0) is 72.8 Å². The zero-order valence-electron chi connectivity index (χ0n) is 66.0. The number of rotatable bonds is 15. The molecule has 4 aliphatic rings. The summed E-state index contributed by atoms with van der Waals surface area (Å²) >= 11 is 0. The molecule has 0 fully saturated rings. The van der Waals surface area contributed by atoms with Crippen LogP contribution in [0.4, 0.5) is 0 Å². The van der Waals surface area contributed by atoms with Crippen LogP contribution in [-0.4, -0.2) is 212 Å². The van der Waals surface area contributed by atoms with Gasteiger partial charge in [0.05, 0.1) is 33.4 Å². The van der Waals surface area contributed by atoms with Crippen molar-refractivity contribution in [1.29, 1.82) is 0 Å². The Hall–Kier alpha value is -18.7. The van der Waals surface area contributed by atoms with E-state index in [-0.39, 0.29) is 11.1 Å². The molecule has 0 saturated carbocycles. The van der Waals surface area contributed by atoms with Crippen LogP contribution in [0, 0.1) is 0 Å². The zero-order valence-corrected chi connectivity index (χ0v) is 66.0. The molecule has 0 saturated heterocycles. The molecule has 4 heterocycles. The van der Waals surface area contributed by atoms with Gasteiger partial charge in [-0.15, -0.1) is 0 Å². The SMILES string of the molecule is O=C(O[C@@H]1Cc2c(O)cc(O)c(-c3c([C@H]4Oc5cc(O)cc(O)c5C[C@H]4OC(=O)c4cc(O)c(O)c(O)c4)cc(O)c(O)c3O)c2O[C@@H]1c1cc(O)c(O)c(O)c1-c1c([C@H]2Oc3c(c(O)cc(O)c3-c3c([C@H]4Oc5cc(O)cc(O)c5C[C@H]4OC(=O)c4cc(O)c(O)c(O)c4)cc(O)c(O)c3O)C[C@H]2OC(=O)c2cc(O)c(O)c(O)c2)cc(O)c(O)c1O)c1cc(O)c(O)c(O)c1. The van der Waals surface area contributed by atoms with Crippen LogP contribution < -0.4 is 18.9 Å². The van der Waals surface area contributed by atoms with E-state index in [0.29, 0.717) is 84.9 Å². The quantitative estimate of drug-likeness (QED) is 0.0259. The second kappa shape index (κ2) is 31.8. The summed E-state index contributed by atoms with van der Waals surface area (Å²) < 4.78 is 50.0. The molecule has 12 aromatic rings. The Morgan fingerprint density at radius 1 is 0.205 bits per heavy atom. The molecule has 0 amide bonds. The maximum absolute atomic E-state index is 14.9. The van der Waals surface area contributed by atoms with Gasteiger partial charge in [0.2, 0.25) is 23.0 Å². The molecule has 0 bridgehead atoms. The molecule has 16 rings (SSSR count). The van der Waals surface area contributed by atoms with E-state index in [9.17, 15) is 183 Å². The maximum atomic E-state index is 14.9. The average molecular weight is 1830 g/mol. The van der Waals surface area contributed by atoms with Crippen LogP contribution in [0.3, 0.4) is 0 Å². The fourth-order valence-corrected chi connectivity index (χ4v) is 16.2. The van der Waals surface area contributed by atoms with Gasteiger partial charge in [0, 0.05) is 129 Å². The van der Waals surface area contributed by atoms with Crippen molar-refractivity contribution in [3.05, 3.63) is 176 Å². The van der Waals surface area contributed by atoms with E-state index in [1.807, 2.05) is 0 Å². The summed E-state index contributed by atoms with van der Waals surface area (Å²) in [6.07, 6.45) is -22.2. The molecule has 132 heavy (non-hydrogen) atoms. The predicted molar refractivity (Wildman–Crippen MR) is 433 cm³/mol. The standard InChI is InChI=1S/C88H66O44/c89-27-9-37(91)29-17-57(127-85(121)23-1-43(97)67(109)44(98)2-23)79(125-55(29)11-27)35-15-53(107)73(115)77(119)63(35)65-41(95)21-39(93)31-19-59(129-87(123)25-5-47(101)69(111)48(102)6-25)81(131-83(31)65)33-13-51(105)71(113)75(117)61(33)62-34(14-52(106)72(114)76(62)118)82-60(130-88(124)26-7-49(103)70(112)50(104)8-26)20-32-40(94)22-42(96)66(84(32)132-82)64-36(16-54(108)74(116)78(64)120)80-58(18-30-38(92)10-28(90)12-56(30)126-80)128-86(122)24-3-45(99)68(110)46(100)4-24/h1-16,21-22,57-60,79-82,89-120H,17-20H2/t57-,58-,59-,60-,79-,80-,81-,82-/m1/s1. The molecular formula is C88H66O44. The third kappa shape index (κ3) is 14.5. The molecule has 4 aliphatic heterocycles. The van der Waals surface area contributed by atoms with Crippen molar-refractivity contribution in [3.8, 4) is 240 Å². The zero-order chi connectivity index (χ0) is 95.3. The van der Waals surface area contributed by atoms with Crippen LogP contribution in [0.1, 0.15) is 110 Å². The van der Waals surface area contributed by atoms with Crippen LogP contribution in [0.2, 0.25) is 0 Å². The summed E-state index contributed by atoms with van der Waals surface area (Å²) in [5.41, 5.74) is -15.5. The van der Waals surface area contributed by atoms with Gasteiger partial charge in [0.15, 0.2) is 139 Å². The van der Waals surface area contributed by atoms with Gasteiger partial charge in [-0.2, -0.15) is 0 Å². The third-order valence-corrected chi connectivity index (χ3v) is 22.4. The van der Waals surface area contributed by atoms with E-state index >= 15 is 0 Å². The first kappa shape index (κ1) is 86.8. The Kier molecular flexibility index (Phi) is 20.9. The first-order valence-corrected chi connectivity index (χ1v) is 38.2. The van der Waals surface area contributed by atoms with Crippen molar-refractivity contribution in [2.75, 3.05) is 0 Å². The molecule has 682 valence electrons. The van der Waals surface area contributed by atoms with Crippen molar-refractivity contribution in [1.82, 2.24) is 0 Å². The average Bonchev–Trinajstić information content (AvgIpc) is 0.719. The minimum absolute atomic E-state index is 0.252. The highest BCUT2D eigenvalue weighted by molar-refractivity contribution is 5.97. The van der Waals surface area contributed by atoms with Crippen LogP contribution in [-0.2, 0) is 44.6 Å². The highest BCUT2D eigenvalue weighted by atomic mass is 16.6. The molecule has 8 atom stereocenters. The Morgan fingerprint density at radius 3 is 0.652 bits per heavy atom. The van der Waals surface area contributed by atoms with Crippen molar-refractivity contribution in [2.45, 2.75) is 74.5 Å². The number of carbonyl (C=O) groups excluding carboxylic acids is 4. The number of benzene rings is 12. The van der Waals surface area contributed by atoms with E-state index in [2.05, 4.69) is 0 Å². The van der Waals surface area contributed by atoms with Crippen LogP contribution in [0.25, 0.3) is 33.4 Å². The van der Waals surface area contributed by atoms with Crippen molar-refractivity contribution in [2.24, 2.45) is 0 Å². The molecule has 44 nitrogen and oxygen atoms in total. The molecule has 32 N–H and O–H groups in total. The van der Waals surface area contributed by atoms with E-state index in [4.69, 9.17) is 37.9 Å². The summed E-state index contributed by atoms with van der Waals surface area (Å²) in [6.45, 7) is 0. The van der Waals surface area contributed by atoms with Crippen molar-refractivity contribution >= 4 is 23.9 Å². The predicted octanol–water partition coefficient (Wildman–Crippen LogP) is 8.87. The van der Waals surface area contributed by atoms with Gasteiger partial charge < -0.3 is 201 Å². The molecule has 0 aromatic heterocycles. The maximum Gasteiger partial charge on any atom is 0.338 e. The van der Waals surface area contributed by atoms with Gasteiger partial charge in [0.1, 0.15) is 93.4 Å². The summed E-state index contributed by atoms with van der Waals surface area (Å²) in [7, 11) is 0. The van der Waals surface area contributed by atoms with E-state index in [0.717, 1.165) is 24.3 Å². The second-order valence-corrected chi connectivity index (χ2v) is 30.5. The first-order chi connectivity index (χ1) is 62.3. The van der Waals surface area contributed by atoms with Crippen LogP contribution >= 0.6 is 0 Å². The monoisotopic (exact) mass is 1830 g/mol. The number of ether oxygens (including phenoxy) is 8. The van der Waals surface area contributed by atoms with Crippen LogP contribution in [0.15, 0.2) is 109 Å². The summed E-state index contributed by atoms with van der Waals surface area (Å²) in [5, 5.41) is 365. The number of carbonyl (C=O) groups is 4. The minimum Gasteiger partial charge on any atom is -0.508 e. The fraction of sp³-hybridized carbons (Fsp3) is 0.136. The number of aromatic hydroxyl groups is 32. The molecular weight excluding hydrogens is 1760 g/mol. The summed E-state index contributed by atoms with van der Waals surface area (Å²) in [5.74, 6) is -49.1. The molecule has 0 aliphatic carbocycles. The number of esters is 4. The van der Waals surface area contributed by atoms with E-state index in [1.165, 1.54) is 0 Å². The lowest BCUT2D eigenvalue weighted by Gasteiger charge is -2.38. The second-order valence-electron chi connectivity index (χ2n) is 30.5. The number of hydrogen-bond acceptors (Lipinski definition) is 44. The summed E-state index contributed by atoms with van der Waals surface area (Å²) in [6, 6.07) is 11.2. The fourth-order valence-electron chi connectivity index (χ4n) is 16.2. The Balaban J connectivity index is 0.921. The van der Waals surface area contributed by atoms with Crippen molar-refractivity contribution in [3.63, 3.8) is 0 Å². The minimum atomic E-state index is -2.66.